The Morgan fingerprint density at radius 1 is 1.40 bits per heavy atom. The Balaban J connectivity index is 2.02. The lowest BCUT2D eigenvalue weighted by Crippen LogP contribution is -1.85. The lowest BCUT2D eigenvalue weighted by atomic mass is 10.1. The van der Waals surface area contributed by atoms with Gasteiger partial charge in [0.25, 0.3) is 0 Å². The van der Waals surface area contributed by atoms with Gasteiger partial charge in [-0.2, -0.15) is 9.36 Å². The van der Waals surface area contributed by atoms with E-state index in [1.54, 1.807) is 11.8 Å². The van der Waals surface area contributed by atoms with Crippen LogP contribution in [-0.2, 0) is 5.75 Å². The third-order valence-corrected chi connectivity index (χ3v) is 3.81. The third-order valence-electron chi connectivity index (χ3n) is 2.00. The number of hydrogen-bond donors (Lipinski definition) is 0. The van der Waals surface area contributed by atoms with E-state index < -0.39 is 0 Å². The molecule has 0 aliphatic carbocycles. The second-order valence-corrected chi connectivity index (χ2v) is 5.32. The topological polar surface area (TPSA) is 25.8 Å². The van der Waals surface area contributed by atoms with Crippen LogP contribution in [-0.4, -0.2) is 9.36 Å². The zero-order valence-electron chi connectivity index (χ0n) is 8.11. The largest absolute Gasteiger partial charge is 0.204 e. The van der Waals surface area contributed by atoms with Crippen molar-refractivity contribution in [3.63, 3.8) is 0 Å². The van der Waals surface area contributed by atoms with Crippen LogP contribution in [0.5, 0.6) is 0 Å². The Labute approximate surface area is 102 Å². The maximum absolute atomic E-state index is 5.70. The lowest BCUT2D eigenvalue weighted by molar-refractivity contribution is 1.07. The maximum atomic E-state index is 5.70. The molecule has 0 aliphatic rings. The fourth-order valence-corrected chi connectivity index (χ4v) is 2.87. The van der Waals surface area contributed by atoms with Gasteiger partial charge in [-0.1, -0.05) is 36.0 Å². The minimum atomic E-state index is 0.502. The monoisotopic (exact) mass is 256 g/mol. The number of aryl methyl sites for hydroxylation is 1. The van der Waals surface area contributed by atoms with E-state index in [0.717, 1.165) is 10.9 Å². The summed E-state index contributed by atoms with van der Waals surface area (Å²) in [6.07, 6.45) is 0. The average molecular weight is 257 g/mol. The predicted molar refractivity (Wildman–Crippen MR) is 65.7 cm³/mol. The second-order valence-electron chi connectivity index (χ2n) is 3.05. The van der Waals surface area contributed by atoms with Crippen LogP contribution in [0.3, 0.4) is 0 Å². The summed E-state index contributed by atoms with van der Waals surface area (Å²) in [6.45, 7) is 2.11. The molecule has 0 amide bonds. The standard InChI is InChI=1S/C10H9ClN2S2/c1-7-4-2-3-5-8(7)6-14-10-12-9(11)15-13-10/h2-5H,6H2,1H3. The molecule has 2 nitrogen and oxygen atoms in total. The molecule has 78 valence electrons. The van der Waals surface area contributed by atoms with Crippen molar-refractivity contribution in [3.8, 4) is 0 Å². The number of aromatic nitrogens is 2. The molecule has 0 atom stereocenters. The van der Waals surface area contributed by atoms with E-state index in [0.29, 0.717) is 4.47 Å². The Morgan fingerprint density at radius 3 is 2.87 bits per heavy atom. The number of thioether (sulfide) groups is 1. The van der Waals surface area contributed by atoms with Crippen LogP contribution < -0.4 is 0 Å². The summed E-state index contributed by atoms with van der Waals surface area (Å²) in [5.74, 6) is 0.889. The zero-order chi connectivity index (χ0) is 10.7. The van der Waals surface area contributed by atoms with E-state index in [4.69, 9.17) is 11.6 Å². The van der Waals surface area contributed by atoms with Gasteiger partial charge in [-0.25, -0.2) is 0 Å². The molecule has 2 aromatic rings. The van der Waals surface area contributed by atoms with Crippen molar-refractivity contribution in [1.29, 1.82) is 0 Å². The highest BCUT2D eigenvalue weighted by molar-refractivity contribution is 7.98. The first-order valence-electron chi connectivity index (χ1n) is 4.42. The van der Waals surface area contributed by atoms with Crippen molar-refractivity contribution in [1.82, 2.24) is 9.36 Å². The molecule has 0 bridgehead atoms. The molecular weight excluding hydrogens is 248 g/mol. The molecule has 0 radical (unpaired) electrons. The van der Waals surface area contributed by atoms with E-state index in [-0.39, 0.29) is 0 Å². The molecule has 0 fully saturated rings. The van der Waals surface area contributed by atoms with Crippen LogP contribution in [0.2, 0.25) is 4.47 Å². The Kier molecular flexibility index (Phi) is 3.61. The van der Waals surface area contributed by atoms with Crippen LogP contribution >= 0.6 is 34.9 Å². The molecule has 0 N–H and O–H groups in total. The molecule has 1 heterocycles. The minimum absolute atomic E-state index is 0.502. The molecule has 0 saturated carbocycles. The molecule has 0 unspecified atom stereocenters. The van der Waals surface area contributed by atoms with Gasteiger partial charge in [0.1, 0.15) is 0 Å². The number of halogens is 1. The van der Waals surface area contributed by atoms with Crippen molar-refractivity contribution in [3.05, 3.63) is 39.9 Å². The summed E-state index contributed by atoms with van der Waals surface area (Å²) in [6, 6.07) is 8.32. The number of nitrogens with zero attached hydrogens (tertiary/aromatic N) is 2. The minimum Gasteiger partial charge on any atom is -0.198 e. The van der Waals surface area contributed by atoms with Crippen molar-refractivity contribution < 1.29 is 0 Å². The van der Waals surface area contributed by atoms with Crippen LogP contribution in [0.1, 0.15) is 11.1 Å². The fourth-order valence-electron chi connectivity index (χ4n) is 1.17. The second kappa shape index (κ2) is 4.96. The molecule has 0 spiro atoms. The van der Waals surface area contributed by atoms with Crippen LogP contribution in [0.4, 0.5) is 0 Å². The van der Waals surface area contributed by atoms with E-state index in [2.05, 4.69) is 28.4 Å². The summed E-state index contributed by atoms with van der Waals surface area (Å²) in [5.41, 5.74) is 2.61. The lowest BCUT2D eigenvalue weighted by Gasteiger charge is -2.02. The first-order chi connectivity index (χ1) is 7.25. The quantitative estimate of drug-likeness (QED) is 0.782. The van der Waals surface area contributed by atoms with Gasteiger partial charge in [-0.05, 0) is 41.2 Å². The highest BCUT2D eigenvalue weighted by Crippen LogP contribution is 2.24. The first kappa shape index (κ1) is 10.9. The highest BCUT2D eigenvalue weighted by Gasteiger charge is 2.03. The molecular formula is C10H9ClN2S2. The zero-order valence-corrected chi connectivity index (χ0v) is 10.5. The van der Waals surface area contributed by atoms with E-state index in [1.807, 2.05) is 12.1 Å². The van der Waals surface area contributed by atoms with Gasteiger partial charge in [-0.3, -0.25) is 0 Å². The van der Waals surface area contributed by atoms with Gasteiger partial charge in [0, 0.05) is 5.75 Å². The first-order valence-corrected chi connectivity index (χ1v) is 6.56. The Morgan fingerprint density at radius 2 is 2.20 bits per heavy atom. The maximum Gasteiger partial charge on any atom is 0.204 e. The van der Waals surface area contributed by atoms with Crippen molar-refractivity contribution >= 4 is 34.9 Å². The number of rotatable bonds is 3. The van der Waals surface area contributed by atoms with Gasteiger partial charge >= 0.3 is 0 Å². The van der Waals surface area contributed by atoms with Crippen LogP contribution in [0, 0.1) is 6.92 Å². The van der Waals surface area contributed by atoms with Crippen LogP contribution in [0.15, 0.2) is 29.4 Å². The molecule has 0 saturated heterocycles. The predicted octanol–water partition coefficient (Wildman–Crippen LogP) is 3.79. The summed E-state index contributed by atoms with van der Waals surface area (Å²) < 4.78 is 4.62. The summed E-state index contributed by atoms with van der Waals surface area (Å²) in [5, 5.41) is 0.758. The summed E-state index contributed by atoms with van der Waals surface area (Å²) >= 11 is 8.54. The molecule has 2 rings (SSSR count). The third kappa shape index (κ3) is 2.93. The van der Waals surface area contributed by atoms with Gasteiger partial charge in [0.15, 0.2) is 0 Å². The molecule has 5 heteroatoms. The molecule has 15 heavy (non-hydrogen) atoms. The van der Waals surface area contributed by atoms with Crippen LogP contribution in [0.25, 0.3) is 0 Å². The molecule has 1 aromatic carbocycles. The van der Waals surface area contributed by atoms with E-state index in [1.165, 1.54) is 22.7 Å². The Bertz CT molecular complexity index is 456. The molecule has 0 aliphatic heterocycles. The number of benzene rings is 1. The smallest absolute Gasteiger partial charge is 0.198 e. The van der Waals surface area contributed by atoms with Crippen molar-refractivity contribution in [2.45, 2.75) is 17.8 Å². The number of hydrogen-bond acceptors (Lipinski definition) is 4. The normalized spacial score (nSPS) is 10.5. The SMILES string of the molecule is Cc1ccccc1CSc1nsc(Cl)n1. The van der Waals surface area contributed by atoms with Crippen molar-refractivity contribution in [2.75, 3.05) is 0 Å². The Hall–Kier alpha value is -0.580. The highest BCUT2D eigenvalue weighted by atomic mass is 35.5. The van der Waals surface area contributed by atoms with Crippen molar-refractivity contribution in [2.24, 2.45) is 0 Å². The van der Waals surface area contributed by atoms with Gasteiger partial charge in [-0.15, -0.1) is 0 Å². The van der Waals surface area contributed by atoms with Gasteiger partial charge < -0.3 is 0 Å². The van der Waals surface area contributed by atoms with Gasteiger partial charge in [0.05, 0.1) is 0 Å². The fraction of sp³-hybridized carbons (Fsp3) is 0.200. The van der Waals surface area contributed by atoms with E-state index >= 15 is 0 Å². The van der Waals surface area contributed by atoms with E-state index in [9.17, 15) is 0 Å². The average Bonchev–Trinajstić information content (AvgIpc) is 2.63. The summed E-state index contributed by atoms with van der Waals surface area (Å²) in [7, 11) is 0. The van der Waals surface area contributed by atoms with Gasteiger partial charge in [0.2, 0.25) is 9.62 Å². The summed E-state index contributed by atoms with van der Waals surface area (Å²) in [4.78, 5) is 4.09. The molecule has 1 aromatic heterocycles.